The second kappa shape index (κ2) is 7.72. The van der Waals surface area contributed by atoms with Crippen LogP contribution in [-0.4, -0.2) is 32.6 Å². The Morgan fingerprint density at radius 2 is 1.52 bits per heavy atom. The molecule has 0 aromatic heterocycles. The highest BCUT2D eigenvalue weighted by Gasteiger charge is 2.34. The van der Waals surface area contributed by atoms with E-state index in [0.29, 0.717) is 13.2 Å². The molecule has 6 nitrogen and oxygen atoms in total. The maximum atomic E-state index is 11.6. The summed E-state index contributed by atoms with van der Waals surface area (Å²) in [7, 11) is -6.32. The van der Waals surface area contributed by atoms with Gasteiger partial charge in [-0.25, -0.2) is 0 Å². The van der Waals surface area contributed by atoms with Crippen LogP contribution in [0.3, 0.4) is 0 Å². The van der Waals surface area contributed by atoms with Crippen molar-refractivity contribution in [3.8, 4) is 0 Å². The van der Waals surface area contributed by atoms with E-state index in [1.165, 1.54) is 11.9 Å². The average molecular weight is 350 g/mol. The molecule has 0 aliphatic carbocycles. The van der Waals surface area contributed by atoms with Crippen LogP contribution in [0, 0.1) is 0 Å². The molecule has 2 atom stereocenters. The van der Waals surface area contributed by atoms with Crippen LogP contribution >= 0.6 is 15.2 Å². The molecule has 0 saturated carbocycles. The number of hydrogen-bond donors (Lipinski definition) is 0. The van der Waals surface area contributed by atoms with Gasteiger partial charge in [0, 0.05) is 11.6 Å². The van der Waals surface area contributed by atoms with Crippen LogP contribution in [0.4, 0.5) is 13.2 Å². The third-order valence-corrected chi connectivity index (χ3v) is 5.27. The zero-order chi connectivity index (χ0) is 16.0. The standard InChI is InChI=1S/C5H6F3O3P.C5H9O3P/c6-5(7,8)4-11-12(9)3-1-2-10-12;1-2-7-9(6)5-3-4-8-9/h1,3H,2,4H2;3,5H,2,4H2,1H3. The van der Waals surface area contributed by atoms with Crippen LogP contribution in [0.2, 0.25) is 0 Å². The molecule has 0 fully saturated rings. The minimum Gasteiger partial charge on any atom is -0.306 e. The summed E-state index contributed by atoms with van der Waals surface area (Å²) in [4.78, 5) is 0. The van der Waals surface area contributed by atoms with Gasteiger partial charge >= 0.3 is 21.4 Å². The summed E-state index contributed by atoms with van der Waals surface area (Å²) >= 11 is 0. The third kappa shape index (κ3) is 7.40. The van der Waals surface area contributed by atoms with E-state index in [0.717, 1.165) is 5.82 Å². The van der Waals surface area contributed by atoms with Crippen LogP contribution in [0.1, 0.15) is 6.92 Å². The first-order valence-electron chi connectivity index (χ1n) is 5.88. The summed E-state index contributed by atoms with van der Waals surface area (Å²) in [5.41, 5.74) is 0. The van der Waals surface area contributed by atoms with Crippen LogP contribution in [-0.2, 0) is 27.2 Å². The third-order valence-electron chi connectivity index (χ3n) is 1.99. The van der Waals surface area contributed by atoms with Crippen molar-refractivity contribution in [1.29, 1.82) is 0 Å². The molecule has 0 aromatic rings. The van der Waals surface area contributed by atoms with Gasteiger partial charge in [-0.2, -0.15) is 13.2 Å². The molecule has 0 spiro atoms. The highest BCUT2D eigenvalue weighted by atomic mass is 31.2. The Labute approximate surface area is 120 Å². The van der Waals surface area contributed by atoms with Crippen molar-refractivity contribution >= 4 is 15.2 Å². The monoisotopic (exact) mass is 350 g/mol. The van der Waals surface area contributed by atoms with Gasteiger partial charge < -0.3 is 13.6 Å². The Hall–Kier alpha value is -0.430. The van der Waals surface area contributed by atoms with E-state index in [-0.39, 0.29) is 6.61 Å². The van der Waals surface area contributed by atoms with Gasteiger partial charge in [0.25, 0.3) is 0 Å². The molecule has 2 aliphatic heterocycles. The van der Waals surface area contributed by atoms with Crippen molar-refractivity contribution in [3.63, 3.8) is 0 Å². The Morgan fingerprint density at radius 3 is 1.86 bits per heavy atom. The summed E-state index contributed by atoms with van der Waals surface area (Å²) in [6.45, 7) is 1.12. The molecule has 0 radical (unpaired) electrons. The zero-order valence-corrected chi connectivity index (χ0v) is 12.9. The van der Waals surface area contributed by atoms with Gasteiger partial charge in [-0.05, 0) is 6.92 Å². The van der Waals surface area contributed by atoms with Gasteiger partial charge in [0.2, 0.25) is 0 Å². The van der Waals surface area contributed by atoms with E-state index in [2.05, 4.69) is 9.05 Å². The molecule has 11 heteroatoms. The molecule has 0 N–H and O–H groups in total. The fraction of sp³-hybridized carbons (Fsp3) is 0.600. The summed E-state index contributed by atoms with van der Waals surface area (Å²) in [6, 6.07) is 0. The molecule has 21 heavy (non-hydrogen) atoms. The Morgan fingerprint density at radius 1 is 1.05 bits per heavy atom. The van der Waals surface area contributed by atoms with Crippen LogP contribution in [0.15, 0.2) is 23.8 Å². The molecular formula is C10H15F3O6P2. The molecular weight excluding hydrogens is 335 g/mol. The van der Waals surface area contributed by atoms with Gasteiger partial charge in [-0.15, -0.1) is 0 Å². The van der Waals surface area contributed by atoms with Crippen molar-refractivity contribution in [2.75, 3.05) is 26.4 Å². The first kappa shape index (κ1) is 18.6. The lowest BCUT2D eigenvalue weighted by molar-refractivity contribution is -0.154. The van der Waals surface area contributed by atoms with Crippen molar-refractivity contribution in [3.05, 3.63) is 23.8 Å². The highest BCUT2D eigenvalue weighted by molar-refractivity contribution is 7.57. The number of hydrogen-bond acceptors (Lipinski definition) is 6. The maximum Gasteiger partial charge on any atom is 0.412 e. The van der Waals surface area contributed by atoms with Gasteiger partial charge in [-0.1, -0.05) is 12.2 Å². The fourth-order valence-corrected chi connectivity index (χ4v) is 3.68. The van der Waals surface area contributed by atoms with E-state index in [1.54, 1.807) is 13.0 Å². The zero-order valence-electron chi connectivity index (χ0n) is 11.1. The van der Waals surface area contributed by atoms with E-state index < -0.39 is 28.0 Å². The van der Waals surface area contributed by atoms with Gasteiger partial charge in [0.05, 0.1) is 19.8 Å². The Bertz CT molecular complexity index is 488. The first-order valence-corrected chi connectivity index (χ1v) is 9.10. The number of halogens is 3. The quantitative estimate of drug-likeness (QED) is 0.712. The molecule has 0 amide bonds. The minimum absolute atomic E-state index is 0.0368. The molecule has 122 valence electrons. The van der Waals surface area contributed by atoms with Crippen LogP contribution in [0.5, 0.6) is 0 Å². The molecule has 2 rings (SSSR count). The number of alkyl halides is 3. The molecule has 2 heterocycles. The number of rotatable bonds is 4. The lowest BCUT2D eigenvalue weighted by Crippen LogP contribution is -2.15. The lowest BCUT2D eigenvalue weighted by atomic mass is 10.7. The van der Waals surface area contributed by atoms with Crippen molar-refractivity contribution < 1.29 is 40.4 Å². The second-order valence-electron chi connectivity index (χ2n) is 3.75. The predicted molar refractivity (Wildman–Crippen MR) is 69.0 cm³/mol. The van der Waals surface area contributed by atoms with Crippen molar-refractivity contribution in [2.45, 2.75) is 13.1 Å². The summed E-state index contributed by atoms with van der Waals surface area (Å²) < 4.78 is 74.9. The Kier molecular flexibility index (Phi) is 6.84. The van der Waals surface area contributed by atoms with Gasteiger partial charge in [0.15, 0.2) is 6.61 Å². The summed E-state index contributed by atoms with van der Waals surface area (Å²) in [5, 5.41) is 0. The van der Waals surface area contributed by atoms with E-state index in [9.17, 15) is 22.3 Å². The normalized spacial score (nSPS) is 31.2. The molecule has 2 unspecified atom stereocenters. The van der Waals surface area contributed by atoms with Crippen LogP contribution < -0.4 is 0 Å². The fourth-order valence-electron chi connectivity index (χ4n) is 1.23. The van der Waals surface area contributed by atoms with E-state index >= 15 is 0 Å². The first-order chi connectivity index (χ1) is 9.68. The topological polar surface area (TPSA) is 71.1 Å². The molecule has 0 bridgehead atoms. The van der Waals surface area contributed by atoms with E-state index in [1.807, 2.05) is 0 Å². The summed E-state index contributed by atoms with van der Waals surface area (Å²) in [5.74, 6) is 2.52. The minimum atomic E-state index is -4.47. The lowest BCUT2D eigenvalue weighted by Gasteiger charge is -2.11. The molecule has 0 aromatic carbocycles. The maximum absolute atomic E-state index is 11.6. The smallest absolute Gasteiger partial charge is 0.306 e. The highest BCUT2D eigenvalue weighted by Crippen LogP contribution is 2.53. The van der Waals surface area contributed by atoms with Gasteiger partial charge in [-0.3, -0.25) is 13.7 Å². The average Bonchev–Trinajstić information content (AvgIpc) is 2.98. The van der Waals surface area contributed by atoms with Gasteiger partial charge in [0.1, 0.15) is 0 Å². The SMILES string of the molecule is CCOP1(=O)C=CCO1.O=P1(OCC(F)(F)F)C=CCO1. The van der Waals surface area contributed by atoms with Crippen molar-refractivity contribution in [1.82, 2.24) is 0 Å². The largest absolute Gasteiger partial charge is 0.412 e. The Balaban J connectivity index is 0.000000219. The summed E-state index contributed by atoms with van der Waals surface area (Å²) in [6.07, 6.45) is -1.41. The van der Waals surface area contributed by atoms with Crippen molar-refractivity contribution in [2.24, 2.45) is 0 Å². The van der Waals surface area contributed by atoms with E-state index in [4.69, 9.17) is 9.05 Å². The second-order valence-corrected chi connectivity index (χ2v) is 7.54. The molecule has 0 saturated heterocycles. The predicted octanol–water partition coefficient (Wildman–Crippen LogP) is 4.06. The van der Waals surface area contributed by atoms with Crippen LogP contribution in [0.25, 0.3) is 0 Å². The molecule has 2 aliphatic rings.